The van der Waals surface area contributed by atoms with Gasteiger partial charge in [0.05, 0.1) is 16.8 Å². The molecule has 0 aliphatic carbocycles. The summed E-state index contributed by atoms with van der Waals surface area (Å²) < 4.78 is 0. The average molecular weight is 383 g/mol. The maximum atomic E-state index is 12.7. The van der Waals surface area contributed by atoms with Crippen LogP contribution in [0.2, 0.25) is 0 Å². The maximum Gasteiger partial charge on any atom is 0.252 e. The van der Waals surface area contributed by atoms with Crippen LogP contribution in [-0.4, -0.2) is 17.4 Å². The van der Waals surface area contributed by atoms with Gasteiger partial charge in [-0.05, 0) is 24.1 Å². The van der Waals surface area contributed by atoms with E-state index < -0.39 is 0 Å². The van der Waals surface area contributed by atoms with Crippen molar-refractivity contribution in [2.45, 2.75) is 29.9 Å². The van der Waals surface area contributed by atoms with Gasteiger partial charge in [0.1, 0.15) is 0 Å². The molecule has 1 atom stereocenters. The molecule has 2 aromatic carbocycles. The number of thioether (sulfide) groups is 1. The van der Waals surface area contributed by atoms with E-state index in [4.69, 9.17) is 0 Å². The standard InChI is InChI=1S/C21H22N2OS2/c1-2-16(17-8-4-3-5-9-17)12-22-21(24)19-10-6-7-11-20(19)26-14-18-13-25-15-23-18/h3-11,13,15-16H,2,12,14H2,1H3,(H,22,24)/t16-/m0/s1. The van der Waals surface area contributed by atoms with Crippen molar-refractivity contribution < 1.29 is 4.79 Å². The molecular weight excluding hydrogens is 360 g/mol. The molecule has 1 heterocycles. The number of nitrogens with zero attached hydrogens (tertiary/aromatic N) is 1. The van der Waals surface area contributed by atoms with Gasteiger partial charge >= 0.3 is 0 Å². The lowest BCUT2D eigenvalue weighted by molar-refractivity contribution is 0.0948. The number of amides is 1. The highest BCUT2D eigenvalue weighted by Gasteiger charge is 2.15. The molecule has 0 aliphatic heterocycles. The molecule has 0 spiro atoms. The second-order valence-electron chi connectivity index (χ2n) is 5.99. The Hall–Kier alpha value is -2.11. The van der Waals surface area contributed by atoms with Gasteiger partial charge in [-0.15, -0.1) is 23.1 Å². The number of carbonyl (C=O) groups is 1. The molecule has 0 radical (unpaired) electrons. The van der Waals surface area contributed by atoms with Crippen LogP contribution >= 0.6 is 23.1 Å². The molecule has 0 saturated carbocycles. The minimum atomic E-state index is -0.0132. The SMILES string of the molecule is CC[C@@H](CNC(=O)c1ccccc1SCc1cscn1)c1ccccc1. The Morgan fingerprint density at radius 2 is 1.92 bits per heavy atom. The van der Waals surface area contributed by atoms with Crippen LogP contribution in [0.25, 0.3) is 0 Å². The summed E-state index contributed by atoms with van der Waals surface area (Å²) in [6.07, 6.45) is 0.991. The van der Waals surface area contributed by atoms with E-state index in [9.17, 15) is 4.79 Å². The van der Waals surface area contributed by atoms with Crippen molar-refractivity contribution in [1.29, 1.82) is 0 Å². The van der Waals surface area contributed by atoms with Gasteiger partial charge in [-0.25, -0.2) is 4.98 Å². The summed E-state index contributed by atoms with van der Waals surface area (Å²) >= 11 is 3.25. The van der Waals surface area contributed by atoms with Gasteiger partial charge in [0.15, 0.2) is 0 Å². The van der Waals surface area contributed by atoms with Gasteiger partial charge in [0.25, 0.3) is 5.91 Å². The molecule has 1 amide bonds. The predicted molar refractivity (Wildman–Crippen MR) is 110 cm³/mol. The van der Waals surface area contributed by atoms with Crippen molar-refractivity contribution in [3.63, 3.8) is 0 Å². The maximum absolute atomic E-state index is 12.7. The summed E-state index contributed by atoms with van der Waals surface area (Å²) in [7, 11) is 0. The van der Waals surface area contributed by atoms with Crippen molar-refractivity contribution in [3.05, 3.63) is 82.3 Å². The lowest BCUT2D eigenvalue weighted by atomic mass is 9.96. The molecule has 1 N–H and O–H groups in total. The van der Waals surface area contributed by atoms with Crippen molar-refractivity contribution in [3.8, 4) is 0 Å². The van der Waals surface area contributed by atoms with Crippen molar-refractivity contribution in [2.24, 2.45) is 0 Å². The van der Waals surface area contributed by atoms with E-state index in [1.807, 2.05) is 53.4 Å². The lowest BCUT2D eigenvalue weighted by Crippen LogP contribution is -2.28. The van der Waals surface area contributed by atoms with Crippen LogP contribution in [-0.2, 0) is 5.75 Å². The normalized spacial score (nSPS) is 11.9. The Balaban J connectivity index is 1.64. The largest absolute Gasteiger partial charge is 0.351 e. The molecule has 3 aromatic rings. The van der Waals surface area contributed by atoms with Gasteiger partial charge in [-0.3, -0.25) is 4.79 Å². The first-order valence-electron chi connectivity index (χ1n) is 8.70. The smallest absolute Gasteiger partial charge is 0.252 e. The zero-order chi connectivity index (χ0) is 18.2. The number of hydrogen-bond donors (Lipinski definition) is 1. The van der Waals surface area contributed by atoms with Crippen LogP contribution in [0.3, 0.4) is 0 Å². The zero-order valence-corrected chi connectivity index (χ0v) is 16.4. The number of thiazole rings is 1. The first-order chi connectivity index (χ1) is 12.8. The highest BCUT2D eigenvalue weighted by atomic mass is 32.2. The third-order valence-corrected chi connectivity index (χ3v) is 6.01. The summed E-state index contributed by atoms with van der Waals surface area (Å²) in [5, 5.41) is 5.16. The third kappa shape index (κ3) is 4.96. The molecule has 0 aliphatic rings. The van der Waals surface area contributed by atoms with Gasteiger partial charge in [-0.2, -0.15) is 0 Å². The summed E-state index contributed by atoms with van der Waals surface area (Å²) in [6, 6.07) is 18.1. The van der Waals surface area contributed by atoms with E-state index >= 15 is 0 Å². The fourth-order valence-corrected chi connectivity index (χ4v) is 4.39. The second kappa shape index (κ2) is 9.55. The molecular formula is C21H22N2OS2. The average Bonchev–Trinajstić information content (AvgIpc) is 3.21. The molecule has 0 bridgehead atoms. The topological polar surface area (TPSA) is 42.0 Å². The molecule has 3 rings (SSSR count). The molecule has 5 heteroatoms. The van der Waals surface area contributed by atoms with Crippen LogP contribution in [0, 0.1) is 0 Å². The van der Waals surface area contributed by atoms with Crippen molar-refractivity contribution >= 4 is 29.0 Å². The Kier molecular flexibility index (Phi) is 6.86. The van der Waals surface area contributed by atoms with E-state index in [-0.39, 0.29) is 5.91 Å². The Morgan fingerprint density at radius 1 is 1.15 bits per heavy atom. The van der Waals surface area contributed by atoms with E-state index in [1.165, 1.54) is 5.56 Å². The van der Waals surface area contributed by atoms with Crippen LogP contribution in [0.4, 0.5) is 0 Å². The number of aromatic nitrogens is 1. The van der Waals surface area contributed by atoms with Crippen LogP contribution < -0.4 is 5.32 Å². The number of benzene rings is 2. The Labute approximate surface area is 162 Å². The first-order valence-corrected chi connectivity index (χ1v) is 10.6. The molecule has 134 valence electrons. The minimum Gasteiger partial charge on any atom is -0.351 e. The summed E-state index contributed by atoms with van der Waals surface area (Å²) in [5.74, 6) is 1.09. The molecule has 0 fully saturated rings. The summed E-state index contributed by atoms with van der Waals surface area (Å²) in [6.45, 7) is 2.80. The molecule has 1 aromatic heterocycles. The monoisotopic (exact) mass is 382 g/mol. The fourth-order valence-electron chi connectivity index (χ4n) is 2.77. The number of hydrogen-bond acceptors (Lipinski definition) is 4. The minimum absolute atomic E-state index is 0.0132. The highest BCUT2D eigenvalue weighted by molar-refractivity contribution is 7.98. The zero-order valence-electron chi connectivity index (χ0n) is 14.7. The van der Waals surface area contributed by atoms with E-state index in [2.05, 4.69) is 29.4 Å². The first kappa shape index (κ1) is 18.7. The molecule has 0 saturated heterocycles. The van der Waals surface area contributed by atoms with Gasteiger partial charge < -0.3 is 5.32 Å². The Morgan fingerprint density at radius 3 is 2.65 bits per heavy atom. The predicted octanol–water partition coefficient (Wildman–Crippen LogP) is 5.36. The number of rotatable bonds is 8. The fraction of sp³-hybridized carbons (Fsp3) is 0.238. The van der Waals surface area contributed by atoms with Gasteiger partial charge in [0.2, 0.25) is 0 Å². The molecule has 26 heavy (non-hydrogen) atoms. The third-order valence-electron chi connectivity index (χ3n) is 4.26. The summed E-state index contributed by atoms with van der Waals surface area (Å²) in [4.78, 5) is 18.0. The second-order valence-corrected chi connectivity index (χ2v) is 7.73. The van der Waals surface area contributed by atoms with Gasteiger partial charge in [0, 0.05) is 28.5 Å². The van der Waals surface area contributed by atoms with E-state index in [0.717, 1.165) is 28.3 Å². The highest BCUT2D eigenvalue weighted by Crippen LogP contribution is 2.26. The Bertz CT molecular complexity index is 819. The van der Waals surface area contributed by atoms with E-state index in [1.54, 1.807) is 23.1 Å². The quantitative estimate of drug-likeness (QED) is 0.533. The van der Waals surface area contributed by atoms with Crippen LogP contribution in [0.15, 0.2) is 70.4 Å². The van der Waals surface area contributed by atoms with Crippen LogP contribution in [0.1, 0.15) is 40.9 Å². The molecule has 0 unspecified atom stereocenters. The number of carbonyl (C=O) groups excluding carboxylic acids is 1. The number of nitrogens with one attached hydrogen (secondary N) is 1. The van der Waals surface area contributed by atoms with Gasteiger partial charge in [-0.1, -0.05) is 49.4 Å². The summed E-state index contributed by atoms with van der Waals surface area (Å²) in [5.41, 5.74) is 4.88. The van der Waals surface area contributed by atoms with E-state index in [0.29, 0.717) is 12.5 Å². The van der Waals surface area contributed by atoms with Crippen molar-refractivity contribution in [2.75, 3.05) is 6.54 Å². The molecule has 3 nitrogen and oxygen atoms in total. The lowest BCUT2D eigenvalue weighted by Gasteiger charge is -2.17. The van der Waals surface area contributed by atoms with Crippen molar-refractivity contribution in [1.82, 2.24) is 10.3 Å². The van der Waals surface area contributed by atoms with Crippen LogP contribution in [0.5, 0.6) is 0 Å².